The van der Waals surface area contributed by atoms with Crippen molar-refractivity contribution in [3.05, 3.63) is 75.3 Å². The molecular weight excluding hydrogens is 367 g/mol. The summed E-state index contributed by atoms with van der Waals surface area (Å²) in [7, 11) is 0. The van der Waals surface area contributed by atoms with Crippen LogP contribution in [0.15, 0.2) is 48.6 Å². The van der Waals surface area contributed by atoms with Gasteiger partial charge in [0.05, 0.1) is 17.3 Å². The van der Waals surface area contributed by atoms with Gasteiger partial charge in [0.1, 0.15) is 0 Å². The van der Waals surface area contributed by atoms with E-state index >= 15 is 0 Å². The number of hydrogen-bond acceptors (Lipinski definition) is 2. The van der Waals surface area contributed by atoms with E-state index in [2.05, 4.69) is 28.9 Å². The topological polar surface area (TPSA) is 41.1 Å². The number of para-hydroxylation sites is 1. The highest BCUT2D eigenvalue weighted by molar-refractivity contribution is 6.36. The fourth-order valence-electron chi connectivity index (χ4n) is 4.16. The van der Waals surface area contributed by atoms with Gasteiger partial charge in [0, 0.05) is 28.1 Å². The van der Waals surface area contributed by atoms with Gasteiger partial charge in [-0.25, -0.2) is 0 Å². The van der Waals surface area contributed by atoms with Crippen LogP contribution in [0.3, 0.4) is 0 Å². The summed E-state index contributed by atoms with van der Waals surface area (Å²) in [6.07, 6.45) is 5.40. The standard InChI is InChI=1S/C21H20Cl2N2O/c1-2-24-21(26)15-9-4-7-13-12-6-3-8-14(12)20(25-19(13)15)18-16(22)10-5-11-17(18)23/h3-7,9-12,14,20,25H,2,8H2,1H3,(H,24,26). The summed E-state index contributed by atoms with van der Waals surface area (Å²) in [5.41, 5.74) is 3.61. The van der Waals surface area contributed by atoms with Crippen LogP contribution >= 0.6 is 23.2 Å². The summed E-state index contributed by atoms with van der Waals surface area (Å²) in [5, 5.41) is 7.81. The van der Waals surface area contributed by atoms with Crippen molar-refractivity contribution < 1.29 is 4.79 Å². The van der Waals surface area contributed by atoms with Crippen LogP contribution < -0.4 is 10.6 Å². The fourth-order valence-corrected chi connectivity index (χ4v) is 4.79. The van der Waals surface area contributed by atoms with E-state index in [4.69, 9.17) is 23.2 Å². The Bertz CT molecular complexity index is 873. The highest BCUT2D eigenvalue weighted by Gasteiger charge is 2.40. The van der Waals surface area contributed by atoms with Gasteiger partial charge in [-0.2, -0.15) is 0 Å². The number of fused-ring (bicyclic) bond motifs is 3. The molecular formula is C21H20Cl2N2O. The van der Waals surface area contributed by atoms with Crippen LogP contribution in [0.5, 0.6) is 0 Å². The number of amides is 1. The monoisotopic (exact) mass is 386 g/mol. The van der Waals surface area contributed by atoms with Gasteiger partial charge in [0.2, 0.25) is 0 Å². The number of anilines is 1. The Labute approximate surface area is 163 Å². The molecule has 0 fully saturated rings. The number of nitrogens with one attached hydrogen (secondary N) is 2. The molecule has 0 aromatic heterocycles. The van der Waals surface area contributed by atoms with Gasteiger partial charge >= 0.3 is 0 Å². The lowest BCUT2D eigenvalue weighted by molar-refractivity contribution is 0.0956. The average Bonchev–Trinajstić information content (AvgIpc) is 3.11. The SMILES string of the molecule is CCNC(=O)c1cccc2c1NC(c1c(Cl)cccc1Cl)C1CC=CC21. The lowest BCUT2D eigenvalue weighted by Crippen LogP contribution is -2.32. The van der Waals surface area contributed by atoms with Gasteiger partial charge < -0.3 is 10.6 Å². The van der Waals surface area contributed by atoms with E-state index in [-0.39, 0.29) is 17.9 Å². The van der Waals surface area contributed by atoms with Gasteiger partial charge in [-0.3, -0.25) is 4.79 Å². The number of rotatable bonds is 3. The van der Waals surface area contributed by atoms with Gasteiger partial charge in [0.25, 0.3) is 5.91 Å². The van der Waals surface area contributed by atoms with Gasteiger partial charge in [-0.1, -0.05) is 53.6 Å². The molecule has 2 aromatic carbocycles. The Morgan fingerprint density at radius 1 is 1.19 bits per heavy atom. The van der Waals surface area contributed by atoms with Crippen LogP contribution in [0.1, 0.15) is 46.8 Å². The maximum Gasteiger partial charge on any atom is 0.253 e. The van der Waals surface area contributed by atoms with Crippen LogP contribution in [-0.4, -0.2) is 12.5 Å². The Kier molecular flexibility index (Phi) is 4.68. The first-order chi connectivity index (χ1) is 12.6. The highest BCUT2D eigenvalue weighted by Crippen LogP contribution is 2.52. The third kappa shape index (κ3) is 2.80. The van der Waals surface area contributed by atoms with E-state index in [1.165, 1.54) is 0 Å². The van der Waals surface area contributed by atoms with Crippen molar-refractivity contribution in [2.75, 3.05) is 11.9 Å². The number of allylic oxidation sites excluding steroid dienone is 2. The summed E-state index contributed by atoms with van der Waals surface area (Å²) >= 11 is 13.0. The molecule has 2 aliphatic rings. The molecule has 5 heteroatoms. The molecule has 0 bridgehead atoms. The Morgan fingerprint density at radius 2 is 1.92 bits per heavy atom. The van der Waals surface area contributed by atoms with Crippen LogP contribution in [0, 0.1) is 5.92 Å². The minimum absolute atomic E-state index is 0.0423. The molecule has 0 saturated heterocycles. The molecule has 3 nitrogen and oxygen atoms in total. The highest BCUT2D eigenvalue weighted by atomic mass is 35.5. The number of halogens is 2. The molecule has 2 N–H and O–H groups in total. The van der Waals surface area contributed by atoms with Gasteiger partial charge in [0.15, 0.2) is 0 Å². The molecule has 4 rings (SSSR count). The normalized spacial score (nSPS) is 23.1. The number of carbonyl (C=O) groups is 1. The number of carbonyl (C=O) groups excluding carboxylic acids is 1. The predicted octanol–water partition coefficient (Wildman–Crippen LogP) is 5.57. The lowest BCUT2D eigenvalue weighted by Gasteiger charge is -2.39. The zero-order valence-corrected chi connectivity index (χ0v) is 15.9. The Balaban J connectivity index is 1.85. The largest absolute Gasteiger partial charge is 0.377 e. The molecule has 0 radical (unpaired) electrons. The molecule has 1 aliphatic carbocycles. The quantitative estimate of drug-likeness (QED) is 0.676. The van der Waals surface area contributed by atoms with E-state index < -0.39 is 0 Å². The van der Waals surface area contributed by atoms with Crippen molar-refractivity contribution >= 4 is 34.8 Å². The van der Waals surface area contributed by atoms with Gasteiger partial charge in [-0.05, 0) is 43.0 Å². The third-order valence-electron chi connectivity index (χ3n) is 5.29. The van der Waals surface area contributed by atoms with E-state index in [0.717, 1.165) is 23.2 Å². The molecule has 26 heavy (non-hydrogen) atoms. The minimum Gasteiger partial charge on any atom is -0.377 e. The first-order valence-electron chi connectivity index (χ1n) is 8.90. The van der Waals surface area contributed by atoms with Crippen molar-refractivity contribution in [3.8, 4) is 0 Å². The maximum atomic E-state index is 12.6. The van der Waals surface area contributed by atoms with Crippen LogP contribution in [0.4, 0.5) is 5.69 Å². The summed E-state index contributed by atoms with van der Waals surface area (Å²) in [6, 6.07) is 11.5. The Morgan fingerprint density at radius 3 is 2.65 bits per heavy atom. The zero-order chi connectivity index (χ0) is 18.3. The number of hydrogen-bond donors (Lipinski definition) is 2. The summed E-state index contributed by atoms with van der Waals surface area (Å²) in [5.74, 6) is 0.503. The smallest absolute Gasteiger partial charge is 0.253 e. The van der Waals surface area contributed by atoms with Crippen molar-refractivity contribution in [1.82, 2.24) is 5.32 Å². The van der Waals surface area contributed by atoms with Crippen LogP contribution in [0.2, 0.25) is 10.0 Å². The molecule has 1 heterocycles. The second kappa shape index (κ2) is 6.98. The van der Waals surface area contributed by atoms with E-state index in [1.807, 2.05) is 37.3 Å². The zero-order valence-electron chi connectivity index (χ0n) is 14.4. The second-order valence-electron chi connectivity index (χ2n) is 6.74. The maximum absolute atomic E-state index is 12.6. The van der Waals surface area contributed by atoms with Crippen molar-refractivity contribution in [2.24, 2.45) is 5.92 Å². The van der Waals surface area contributed by atoms with Crippen LogP contribution in [-0.2, 0) is 0 Å². The first kappa shape index (κ1) is 17.4. The molecule has 134 valence electrons. The molecule has 0 spiro atoms. The van der Waals surface area contributed by atoms with E-state index in [9.17, 15) is 4.79 Å². The molecule has 1 amide bonds. The molecule has 0 saturated carbocycles. The summed E-state index contributed by atoms with van der Waals surface area (Å²) < 4.78 is 0. The van der Waals surface area contributed by atoms with E-state index in [0.29, 0.717) is 28.1 Å². The van der Waals surface area contributed by atoms with Gasteiger partial charge in [-0.15, -0.1) is 0 Å². The molecule has 3 atom stereocenters. The van der Waals surface area contributed by atoms with Crippen LogP contribution in [0.25, 0.3) is 0 Å². The third-order valence-corrected chi connectivity index (χ3v) is 5.95. The molecule has 1 aliphatic heterocycles. The van der Waals surface area contributed by atoms with E-state index in [1.54, 1.807) is 0 Å². The molecule has 3 unspecified atom stereocenters. The average molecular weight is 387 g/mol. The van der Waals surface area contributed by atoms with Crippen molar-refractivity contribution in [3.63, 3.8) is 0 Å². The summed E-state index contributed by atoms with van der Waals surface area (Å²) in [4.78, 5) is 12.6. The molecule has 2 aromatic rings. The Hall–Kier alpha value is -1.97. The minimum atomic E-state index is -0.0683. The number of benzene rings is 2. The summed E-state index contributed by atoms with van der Waals surface area (Å²) in [6.45, 7) is 2.51. The second-order valence-corrected chi connectivity index (χ2v) is 7.55. The first-order valence-corrected chi connectivity index (χ1v) is 9.65. The predicted molar refractivity (Wildman–Crippen MR) is 107 cm³/mol. The fraction of sp³-hybridized carbons (Fsp3) is 0.286. The lowest BCUT2D eigenvalue weighted by atomic mass is 9.76. The van der Waals surface area contributed by atoms with Crippen molar-refractivity contribution in [2.45, 2.75) is 25.3 Å². The van der Waals surface area contributed by atoms with Crippen molar-refractivity contribution in [1.29, 1.82) is 0 Å².